The molecule has 0 fully saturated rings. The van der Waals surface area contributed by atoms with Crippen molar-refractivity contribution in [2.24, 2.45) is 0 Å². The summed E-state index contributed by atoms with van der Waals surface area (Å²) in [6.45, 7) is 2.13. The molecule has 0 saturated heterocycles. The number of hydrogen-bond donors (Lipinski definition) is 0. The first-order chi connectivity index (χ1) is 3.93. The Bertz CT molecular complexity index is 153. The summed E-state index contributed by atoms with van der Waals surface area (Å²) in [7, 11) is 0. The average molecular weight is 234 g/mol. The van der Waals surface area contributed by atoms with Gasteiger partial charge in [0.2, 0.25) is 0 Å². The molecule has 0 nitrogen and oxygen atoms in total. The molecule has 0 aliphatic carbocycles. The van der Waals surface area contributed by atoms with Gasteiger partial charge in [-0.2, -0.15) is 35.9 Å². The van der Waals surface area contributed by atoms with Crippen molar-refractivity contribution in [3.05, 3.63) is 35.9 Å². The molecule has 0 unspecified atom stereocenters. The standard InChI is InChI=1S/C8H9.BrH.2Mg/c1-2-8-6-4-3-5-7-8;;;/h3-6H,2H2,1H3;1H;;/q-1;;;+2/p-1. The van der Waals surface area contributed by atoms with Crippen molar-refractivity contribution < 1.29 is 17.0 Å². The van der Waals surface area contributed by atoms with Gasteiger partial charge in [-0.05, 0) is 0 Å². The fourth-order valence-electron chi connectivity index (χ4n) is 0.650. The van der Waals surface area contributed by atoms with Gasteiger partial charge in [0.05, 0.1) is 0 Å². The van der Waals surface area contributed by atoms with Crippen molar-refractivity contribution in [2.45, 2.75) is 13.3 Å². The van der Waals surface area contributed by atoms with E-state index < -0.39 is 0 Å². The average Bonchev–Trinajstić information content (AvgIpc) is 1.90. The van der Waals surface area contributed by atoms with E-state index >= 15 is 0 Å². The van der Waals surface area contributed by atoms with Gasteiger partial charge in [-0.3, -0.25) is 0 Å². The van der Waals surface area contributed by atoms with Crippen LogP contribution in [0.15, 0.2) is 24.3 Å². The topological polar surface area (TPSA) is 0 Å². The zero-order chi connectivity index (χ0) is 5.82. The molecule has 1 aromatic rings. The molecule has 0 bridgehead atoms. The summed E-state index contributed by atoms with van der Waals surface area (Å²) in [6, 6.07) is 11.2. The summed E-state index contributed by atoms with van der Waals surface area (Å²) < 4.78 is 0. The quantitative estimate of drug-likeness (QED) is 0.401. The second-order valence-corrected chi connectivity index (χ2v) is 1.74. The molecule has 0 aliphatic heterocycles. The van der Waals surface area contributed by atoms with E-state index in [9.17, 15) is 0 Å². The maximum absolute atomic E-state index is 3.12. The number of aryl methyl sites for hydroxylation is 1. The number of rotatable bonds is 1. The van der Waals surface area contributed by atoms with Gasteiger partial charge < -0.3 is 17.0 Å². The van der Waals surface area contributed by atoms with Crippen LogP contribution >= 0.6 is 0 Å². The summed E-state index contributed by atoms with van der Waals surface area (Å²) >= 11 is 0. The summed E-state index contributed by atoms with van der Waals surface area (Å²) in [5.41, 5.74) is 1.28. The Labute approximate surface area is 111 Å². The molecule has 0 aliphatic rings. The van der Waals surface area contributed by atoms with Crippen LogP contribution < -0.4 is 17.0 Å². The van der Waals surface area contributed by atoms with Gasteiger partial charge in [-0.15, -0.1) is 0 Å². The molecule has 11 heavy (non-hydrogen) atoms. The predicted octanol–water partition coefficient (Wildman–Crippen LogP) is -1.71. The van der Waals surface area contributed by atoms with Gasteiger partial charge in [-0.25, -0.2) is 0 Å². The van der Waals surface area contributed by atoms with E-state index in [1.165, 1.54) is 5.56 Å². The van der Waals surface area contributed by atoms with E-state index in [0.29, 0.717) is 0 Å². The molecular formula is C8H9BrMg2. The number of benzene rings is 1. The third-order valence-electron chi connectivity index (χ3n) is 1.15. The molecule has 3 heteroatoms. The molecular weight excluding hydrogens is 225 g/mol. The molecule has 1 aromatic carbocycles. The van der Waals surface area contributed by atoms with E-state index in [0.717, 1.165) is 6.42 Å². The minimum Gasteiger partial charge on any atom is -1.00 e. The van der Waals surface area contributed by atoms with Gasteiger partial charge in [0.1, 0.15) is 0 Å². The molecule has 0 atom stereocenters. The summed E-state index contributed by atoms with van der Waals surface area (Å²) in [5.74, 6) is 0. The Hall–Kier alpha value is 1.23. The van der Waals surface area contributed by atoms with Crippen LogP contribution in [-0.2, 0) is 6.42 Å². The molecule has 0 N–H and O–H groups in total. The van der Waals surface area contributed by atoms with Crippen molar-refractivity contribution >= 4 is 46.1 Å². The van der Waals surface area contributed by atoms with Crippen LogP contribution in [0.2, 0.25) is 0 Å². The van der Waals surface area contributed by atoms with Crippen molar-refractivity contribution in [2.75, 3.05) is 0 Å². The van der Waals surface area contributed by atoms with E-state index in [1.807, 2.05) is 18.2 Å². The van der Waals surface area contributed by atoms with E-state index in [1.54, 1.807) is 0 Å². The van der Waals surface area contributed by atoms with E-state index in [4.69, 9.17) is 0 Å². The first-order valence-electron chi connectivity index (χ1n) is 2.89. The van der Waals surface area contributed by atoms with Gasteiger partial charge in [0.25, 0.3) is 0 Å². The zero-order valence-corrected chi connectivity index (χ0v) is 11.2. The van der Waals surface area contributed by atoms with Crippen LogP contribution in [0.3, 0.4) is 0 Å². The SMILES string of the molecule is CCc1[c-]cccc1.[Br-].[Mg+2].[Mg]. The summed E-state index contributed by atoms with van der Waals surface area (Å²) in [4.78, 5) is 0. The normalized spacial score (nSPS) is 6.64. The molecule has 52 valence electrons. The minimum atomic E-state index is 0. The Morgan fingerprint density at radius 1 is 1.36 bits per heavy atom. The van der Waals surface area contributed by atoms with Crippen LogP contribution in [0.1, 0.15) is 12.5 Å². The first kappa shape index (κ1) is 18.1. The summed E-state index contributed by atoms with van der Waals surface area (Å²) in [6.07, 6.45) is 1.08. The van der Waals surface area contributed by atoms with E-state index in [-0.39, 0.29) is 63.1 Å². The van der Waals surface area contributed by atoms with Gasteiger partial charge in [-0.1, -0.05) is 13.3 Å². The fraction of sp³-hybridized carbons (Fsp3) is 0.250. The number of hydrogen-bond acceptors (Lipinski definition) is 0. The Morgan fingerprint density at radius 2 is 2.00 bits per heavy atom. The van der Waals surface area contributed by atoms with Crippen LogP contribution in [0.25, 0.3) is 0 Å². The second-order valence-electron chi connectivity index (χ2n) is 1.74. The molecule has 0 aromatic heterocycles. The second kappa shape index (κ2) is 11.2. The monoisotopic (exact) mass is 232 g/mol. The molecule has 2 radical (unpaired) electrons. The van der Waals surface area contributed by atoms with Crippen molar-refractivity contribution in [1.29, 1.82) is 0 Å². The molecule has 1 rings (SSSR count). The largest absolute Gasteiger partial charge is 2.00 e. The van der Waals surface area contributed by atoms with Crippen molar-refractivity contribution in [1.82, 2.24) is 0 Å². The minimum absolute atomic E-state index is 0. The fourth-order valence-corrected chi connectivity index (χ4v) is 0.650. The third-order valence-corrected chi connectivity index (χ3v) is 1.15. The smallest absolute Gasteiger partial charge is 1.00 e. The van der Waals surface area contributed by atoms with Gasteiger partial charge >= 0.3 is 23.1 Å². The third kappa shape index (κ3) is 7.59. The maximum Gasteiger partial charge on any atom is 2.00 e. The first-order valence-corrected chi connectivity index (χ1v) is 2.89. The van der Waals surface area contributed by atoms with Gasteiger partial charge in [0, 0.05) is 23.1 Å². The van der Waals surface area contributed by atoms with Crippen LogP contribution in [0, 0.1) is 6.07 Å². The molecule has 0 amide bonds. The Morgan fingerprint density at radius 3 is 2.27 bits per heavy atom. The van der Waals surface area contributed by atoms with Crippen molar-refractivity contribution in [3.63, 3.8) is 0 Å². The molecule has 0 heterocycles. The van der Waals surface area contributed by atoms with Crippen molar-refractivity contribution in [3.8, 4) is 0 Å². The molecule has 0 saturated carbocycles. The Balaban J connectivity index is -0.000000213. The maximum atomic E-state index is 3.12. The van der Waals surface area contributed by atoms with E-state index in [2.05, 4.69) is 19.1 Å². The predicted molar refractivity (Wildman–Crippen MR) is 46.2 cm³/mol. The van der Waals surface area contributed by atoms with Crippen LogP contribution in [-0.4, -0.2) is 46.1 Å². The zero-order valence-electron chi connectivity index (χ0n) is 6.81. The van der Waals surface area contributed by atoms with Crippen LogP contribution in [0.4, 0.5) is 0 Å². The number of halogens is 1. The molecule has 0 spiro atoms. The van der Waals surface area contributed by atoms with Crippen LogP contribution in [0.5, 0.6) is 0 Å². The van der Waals surface area contributed by atoms with Gasteiger partial charge in [0.15, 0.2) is 0 Å². The Kier molecular flexibility index (Phi) is 18.5. The summed E-state index contributed by atoms with van der Waals surface area (Å²) in [5, 5.41) is 0.